The van der Waals surface area contributed by atoms with Crippen LogP contribution in [-0.2, 0) is 13.8 Å². The number of aryl methyl sites for hydroxylation is 1. The van der Waals surface area contributed by atoms with Crippen molar-refractivity contribution in [2.24, 2.45) is 0 Å². The third-order valence-electron chi connectivity index (χ3n) is 3.06. The minimum Gasteiger partial charge on any atom is -0.459 e. The highest BCUT2D eigenvalue weighted by Crippen LogP contribution is 2.26. The molecule has 0 bridgehead atoms. The Labute approximate surface area is 114 Å². The van der Waals surface area contributed by atoms with Crippen molar-refractivity contribution >= 4 is 25.7 Å². The summed E-state index contributed by atoms with van der Waals surface area (Å²) in [5.74, 6) is -1.64. The highest BCUT2D eigenvalue weighted by molar-refractivity contribution is 8.13. The van der Waals surface area contributed by atoms with E-state index in [-0.39, 0.29) is 16.6 Å². The maximum absolute atomic E-state index is 13.9. The SMILES string of the molecule is Cc1cc(S(=O)(=O)Cl)cc(C(=O)OC2CCC2)c1F. The molecule has 0 aromatic heterocycles. The van der Waals surface area contributed by atoms with Crippen molar-refractivity contribution in [3.63, 3.8) is 0 Å². The Hall–Kier alpha value is -1.14. The molecule has 0 amide bonds. The van der Waals surface area contributed by atoms with Crippen molar-refractivity contribution < 1.29 is 22.3 Å². The van der Waals surface area contributed by atoms with Crippen molar-refractivity contribution in [2.75, 3.05) is 0 Å². The molecular weight excluding hydrogens is 295 g/mol. The fraction of sp³-hybridized carbons (Fsp3) is 0.417. The second-order valence-electron chi connectivity index (χ2n) is 4.50. The molecule has 4 nitrogen and oxygen atoms in total. The Bertz CT molecular complexity index is 623. The van der Waals surface area contributed by atoms with E-state index in [1.165, 1.54) is 6.92 Å². The summed E-state index contributed by atoms with van der Waals surface area (Å²) >= 11 is 0. The molecule has 0 N–H and O–H groups in total. The fourth-order valence-electron chi connectivity index (χ4n) is 1.73. The fourth-order valence-corrected chi connectivity index (χ4v) is 2.57. The Morgan fingerprint density at radius 3 is 2.53 bits per heavy atom. The maximum atomic E-state index is 13.9. The van der Waals surface area contributed by atoms with E-state index >= 15 is 0 Å². The predicted octanol–water partition coefficient (Wildman–Crippen LogP) is 2.77. The van der Waals surface area contributed by atoms with Crippen molar-refractivity contribution in [3.8, 4) is 0 Å². The number of hydrogen-bond acceptors (Lipinski definition) is 4. The third kappa shape index (κ3) is 3.06. The van der Waals surface area contributed by atoms with Crippen LogP contribution in [0.25, 0.3) is 0 Å². The average molecular weight is 307 g/mol. The first-order valence-corrected chi connectivity index (χ1v) is 8.06. The summed E-state index contributed by atoms with van der Waals surface area (Å²) in [6.07, 6.45) is 2.26. The van der Waals surface area contributed by atoms with Crippen molar-refractivity contribution in [1.29, 1.82) is 0 Å². The number of ether oxygens (including phenoxy) is 1. The molecule has 0 saturated heterocycles. The highest BCUT2D eigenvalue weighted by atomic mass is 35.7. The van der Waals surface area contributed by atoms with Gasteiger partial charge < -0.3 is 4.74 Å². The number of carbonyl (C=O) groups is 1. The van der Waals surface area contributed by atoms with E-state index in [4.69, 9.17) is 15.4 Å². The molecule has 1 saturated carbocycles. The van der Waals surface area contributed by atoms with E-state index in [1.54, 1.807) is 0 Å². The maximum Gasteiger partial charge on any atom is 0.341 e. The molecule has 2 rings (SSSR count). The average Bonchev–Trinajstić information content (AvgIpc) is 2.25. The van der Waals surface area contributed by atoms with Crippen LogP contribution in [-0.4, -0.2) is 20.5 Å². The van der Waals surface area contributed by atoms with Gasteiger partial charge in [-0.3, -0.25) is 0 Å². The number of carbonyl (C=O) groups excluding carboxylic acids is 1. The topological polar surface area (TPSA) is 60.4 Å². The van der Waals surface area contributed by atoms with Gasteiger partial charge in [0.05, 0.1) is 10.5 Å². The Morgan fingerprint density at radius 2 is 2.05 bits per heavy atom. The molecule has 0 unspecified atom stereocenters. The first-order chi connectivity index (χ1) is 8.79. The zero-order valence-electron chi connectivity index (χ0n) is 10.2. The minimum atomic E-state index is -4.02. The molecule has 0 spiro atoms. The normalized spacial score (nSPS) is 15.9. The molecular formula is C12H12ClFO4S. The molecule has 104 valence electrons. The molecule has 1 aromatic rings. The van der Waals surface area contributed by atoms with Crippen LogP contribution in [0.2, 0.25) is 0 Å². The van der Waals surface area contributed by atoms with Gasteiger partial charge in [-0.15, -0.1) is 0 Å². The summed E-state index contributed by atoms with van der Waals surface area (Å²) in [5.41, 5.74) is -0.367. The van der Waals surface area contributed by atoms with Gasteiger partial charge in [-0.05, 0) is 43.9 Å². The van der Waals surface area contributed by atoms with E-state index in [1.807, 2.05) is 0 Å². The number of hydrogen-bond donors (Lipinski definition) is 0. The molecule has 0 radical (unpaired) electrons. The lowest BCUT2D eigenvalue weighted by atomic mass is 9.96. The molecule has 1 aromatic carbocycles. The van der Waals surface area contributed by atoms with Crippen LogP contribution in [0.3, 0.4) is 0 Å². The first kappa shape index (κ1) is 14.3. The van der Waals surface area contributed by atoms with Gasteiger partial charge >= 0.3 is 5.97 Å². The van der Waals surface area contributed by atoms with Crippen LogP contribution in [0.1, 0.15) is 35.2 Å². The number of rotatable bonds is 3. The van der Waals surface area contributed by atoms with Gasteiger partial charge in [-0.25, -0.2) is 17.6 Å². The quantitative estimate of drug-likeness (QED) is 0.636. The second-order valence-corrected chi connectivity index (χ2v) is 7.06. The standard InChI is InChI=1S/C12H12ClFO4S/c1-7-5-9(19(13,16)17)6-10(11(7)14)12(15)18-8-3-2-4-8/h5-6,8H,2-4H2,1H3. The smallest absolute Gasteiger partial charge is 0.341 e. The molecule has 0 atom stereocenters. The number of halogens is 2. The van der Waals surface area contributed by atoms with Crippen molar-refractivity contribution in [3.05, 3.63) is 29.1 Å². The lowest BCUT2D eigenvalue weighted by Crippen LogP contribution is -2.25. The van der Waals surface area contributed by atoms with Crippen molar-refractivity contribution in [2.45, 2.75) is 37.2 Å². The molecule has 0 heterocycles. The second kappa shape index (κ2) is 5.09. The van der Waals surface area contributed by atoms with Gasteiger partial charge in [0.25, 0.3) is 9.05 Å². The van der Waals surface area contributed by atoms with E-state index < -0.39 is 26.4 Å². The van der Waals surface area contributed by atoms with Gasteiger partial charge in [0, 0.05) is 10.7 Å². The Morgan fingerprint density at radius 1 is 1.42 bits per heavy atom. The summed E-state index contributed by atoms with van der Waals surface area (Å²) < 4.78 is 41.4. The summed E-state index contributed by atoms with van der Waals surface area (Å²) in [6, 6.07) is 1.99. The first-order valence-electron chi connectivity index (χ1n) is 5.75. The monoisotopic (exact) mass is 306 g/mol. The molecule has 7 heteroatoms. The van der Waals surface area contributed by atoms with Crippen molar-refractivity contribution in [1.82, 2.24) is 0 Å². The van der Waals surface area contributed by atoms with Crippen LogP contribution in [0.5, 0.6) is 0 Å². The zero-order valence-corrected chi connectivity index (χ0v) is 11.7. The zero-order chi connectivity index (χ0) is 14.2. The van der Waals surface area contributed by atoms with Crippen LogP contribution >= 0.6 is 10.7 Å². The van der Waals surface area contributed by atoms with E-state index in [2.05, 4.69) is 0 Å². The van der Waals surface area contributed by atoms with Crippen LogP contribution in [0, 0.1) is 12.7 Å². The summed E-state index contributed by atoms with van der Waals surface area (Å²) in [4.78, 5) is 11.5. The van der Waals surface area contributed by atoms with Crippen LogP contribution in [0.4, 0.5) is 4.39 Å². The summed E-state index contributed by atoms with van der Waals surface area (Å²) in [6.45, 7) is 1.36. The minimum absolute atomic E-state index is 0.0299. The number of benzene rings is 1. The van der Waals surface area contributed by atoms with Crippen LogP contribution < -0.4 is 0 Å². The third-order valence-corrected chi connectivity index (χ3v) is 4.39. The van der Waals surface area contributed by atoms with Crippen LogP contribution in [0.15, 0.2) is 17.0 Å². The van der Waals surface area contributed by atoms with E-state index in [0.29, 0.717) is 0 Å². The molecule has 1 aliphatic rings. The van der Waals surface area contributed by atoms with Gasteiger partial charge in [-0.1, -0.05) is 0 Å². The largest absolute Gasteiger partial charge is 0.459 e. The summed E-state index contributed by atoms with van der Waals surface area (Å²) in [5, 5.41) is 0. The number of esters is 1. The van der Waals surface area contributed by atoms with E-state index in [0.717, 1.165) is 31.4 Å². The highest BCUT2D eigenvalue weighted by Gasteiger charge is 2.26. The summed E-state index contributed by atoms with van der Waals surface area (Å²) in [7, 11) is 1.18. The molecule has 0 aliphatic heterocycles. The lowest BCUT2D eigenvalue weighted by molar-refractivity contribution is 0.00849. The molecule has 1 aliphatic carbocycles. The molecule has 1 fully saturated rings. The Kier molecular flexibility index (Phi) is 3.82. The molecule has 19 heavy (non-hydrogen) atoms. The Balaban J connectivity index is 2.37. The van der Waals surface area contributed by atoms with Gasteiger partial charge in [-0.2, -0.15) is 0 Å². The van der Waals surface area contributed by atoms with Gasteiger partial charge in [0.1, 0.15) is 11.9 Å². The predicted molar refractivity (Wildman–Crippen MR) is 67.2 cm³/mol. The van der Waals surface area contributed by atoms with Gasteiger partial charge in [0.2, 0.25) is 0 Å². The van der Waals surface area contributed by atoms with E-state index in [9.17, 15) is 17.6 Å². The lowest BCUT2D eigenvalue weighted by Gasteiger charge is -2.25. The van der Waals surface area contributed by atoms with Gasteiger partial charge in [0.15, 0.2) is 0 Å².